The minimum atomic E-state index is 0.376. The van der Waals surface area contributed by atoms with Crippen LogP contribution in [0, 0.1) is 6.92 Å². The molecule has 0 radical (unpaired) electrons. The van der Waals surface area contributed by atoms with Gasteiger partial charge in [-0.3, -0.25) is 0 Å². The second kappa shape index (κ2) is 5.98. The van der Waals surface area contributed by atoms with Gasteiger partial charge in [-0.25, -0.2) is 0 Å². The molecule has 0 aromatic heterocycles. The van der Waals surface area contributed by atoms with Crippen LogP contribution >= 0.6 is 15.9 Å². The summed E-state index contributed by atoms with van der Waals surface area (Å²) >= 11 is 3.52. The van der Waals surface area contributed by atoms with Crippen molar-refractivity contribution in [3.8, 4) is 0 Å². The number of anilines is 1. The van der Waals surface area contributed by atoms with Gasteiger partial charge < -0.3 is 10.6 Å². The van der Waals surface area contributed by atoms with Crippen LogP contribution in [0.25, 0.3) is 0 Å². The van der Waals surface area contributed by atoms with Crippen molar-refractivity contribution in [1.82, 2.24) is 5.32 Å². The van der Waals surface area contributed by atoms with E-state index in [0.717, 1.165) is 24.0 Å². The molecule has 1 aliphatic rings. The molecule has 2 N–H and O–H groups in total. The van der Waals surface area contributed by atoms with Crippen molar-refractivity contribution in [2.75, 3.05) is 11.9 Å². The van der Waals surface area contributed by atoms with Crippen LogP contribution in [0.5, 0.6) is 0 Å². The van der Waals surface area contributed by atoms with Crippen molar-refractivity contribution in [3.05, 3.63) is 63.6 Å². The van der Waals surface area contributed by atoms with E-state index in [1.165, 1.54) is 22.4 Å². The number of fused-ring (bicyclic) bond motifs is 1. The molecule has 3 rings (SSSR count). The Balaban J connectivity index is 1.90. The average Bonchev–Trinajstić information content (AvgIpc) is 2.65. The summed E-state index contributed by atoms with van der Waals surface area (Å²) < 4.78 is 1.13. The summed E-state index contributed by atoms with van der Waals surface area (Å²) in [6.45, 7) is 4.16. The number of benzene rings is 2. The molecular formula is C17H19BrN2. The number of rotatable bonds is 2. The predicted octanol–water partition coefficient (Wildman–Crippen LogP) is 4.40. The van der Waals surface area contributed by atoms with Crippen LogP contribution in [-0.2, 0) is 6.54 Å². The van der Waals surface area contributed by atoms with Gasteiger partial charge in [0.15, 0.2) is 0 Å². The second-order valence-corrected chi connectivity index (χ2v) is 6.24. The number of aryl methyl sites for hydroxylation is 1. The van der Waals surface area contributed by atoms with Gasteiger partial charge in [0, 0.05) is 16.7 Å². The van der Waals surface area contributed by atoms with Crippen LogP contribution in [0.3, 0.4) is 0 Å². The zero-order valence-corrected chi connectivity index (χ0v) is 13.2. The Morgan fingerprint density at radius 1 is 1.20 bits per heavy atom. The maximum absolute atomic E-state index is 3.71. The molecule has 1 atom stereocenters. The summed E-state index contributed by atoms with van der Waals surface area (Å²) in [6, 6.07) is 15.5. The van der Waals surface area contributed by atoms with E-state index in [-0.39, 0.29) is 0 Å². The van der Waals surface area contributed by atoms with E-state index in [1.54, 1.807) is 0 Å². The predicted molar refractivity (Wildman–Crippen MR) is 88.0 cm³/mol. The summed E-state index contributed by atoms with van der Waals surface area (Å²) in [5.41, 5.74) is 5.31. The minimum Gasteiger partial charge on any atom is -0.378 e. The largest absolute Gasteiger partial charge is 0.378 e. The summed E-state index contributed by atoms with van der Waals surface area (Å²) in [4.78, 5) is 0. The smallest absolute Gasteiger partial charge is 0.0529 e. The lowest BCUT2D eigenvalue weighted by molar-refractivity contribution is 0.637. The fourth-order valence-electron chi connectivity index (χ4n) is 2.79. The standard InChI is InChI=1S/C17H19BrN2/c1-12-10-14(18)6-7-16(12)20-17-8-9-19-11-13-4-2-3-5-15(13)17/h2-7,10,17,19-20H,8-9,11H2,1H3. The van der Waals surface area contributed by atoms with E-state index >= 15 is 0 Å². The van der Waals surface area contributed by atoms with Crippen molar-refractivity contribution >= 4 is 21.6 Å². The van der Waals surface area contributed by atoms with Gasteiger partial charge >= 0.3 is 0 Å². The van der Waals surface area contributed by atoms with Gasteiger partial charge in [0.1, 0.15) is 0 Å². The quantitative estimate of drug-likeness (QED) is 0.852. The highest BCUT2D eigenvalue weighted by Gasteiger charge is 2.18. The van der Waals surface area contributed by atoms with E-state index in [9.17, 15) is 0 Å². The molecule has 1 unspecified atom stereocenters. The molecular weight excluding hydrogens is 312 g/mol. The van der Waals surface area contributed by atoms with Crippen LogP contribution in [0.4, 0.5) is 5.69 Å². The first-order valence-electron chi connectivity index (χ1n) is 7.05. The van der Waals surface area contributed by atoms with Gasteiger partial charge in [-0.2, -0.15) is 0 Å². The summed E-state index contributed by atoms with van der Waals surface area (Å²) in [6.07, 6.45) is 1.10. The van der Waals surface area contributed by atoms with Crippen molar-refractivity contribution in [2.45, 2.75) is 25.9 Å². The monoisotopic (exact) mass is 330 g/mol. The summed E-state index contributed by atoms with van der Waals surface area (Å²) in [5.74, 6) is 0. The Morgan fingerprint density at radius 2 is 2.05 bits per heavy atom. The Kier molecular flexibility index (Phi) is 4.08. The highest BCUT2D eigenvalue weighted by molar-refractivity contribution is 9.10. The highest BCUT2D eigenvalue weighted by atomic mass is 79.9. The van der Waals surface area contributed by atoms with Crippen molar-refractivity contribution in [2.24, 2.45) is 0 Å². The van der Waals surface area contributed by atoms with Gasteiger partial charge in [-0.1, -0.05) is 40.2 Å². The van der Waals surface area contributed by atoms with E-state index in [1.807, 2.05) is 0 Å². The second-order valence-electron chi connectivity index (χ2n) is 5.32. The molecule has 0 saturated heterocycles. The summed E-state index contributed by atoms with van der Waals surface area (Å²) in [7, 11) is 0. The van der Waals surface area contributed by atoms with Crippen molar-refractivity contribution in [1.29, 1.82) is 0 Å². The zero-order valence-electron chi connectivity index (χ0n) is 11.6. The minimum absolute atomic E-state index is 0.376. The zero-order chi connectivity index (χ0) is 13.9. The third kappa shape index (κ3) is 2.89. The maximum Gasteiger partial charge on any atom is 0.0529 e. The van der Waals surface area contributed by atoms with Gasteiger partial charge in [-0.15, -0.1) is 0 Å². The number of hydrogen-bond acceptors (Lipinski definition) is 2. The highest BCUT2D eigenvalue weighted by Crippen LogP contribution is 2.29. The molecule has 104 valence electrons. The van der Waals surface area contributed by atoms with Gasteiger partial charge in [-0.05, 0) is 54.8 Å². The topological polar surface area (TPSA) is 24.1 Å². The Bertz CT molecular complexity index is 610. The molecule has 20 heavy (non-hydrogen) atoms. The number of nitrogens with one attached hydrogen (secondary N) is 2. The lowest BCUT2D eigenvalue weighted by Crippen LogP contribution is -2.15. The first kappa shape index (κ1) is 13.7. The van der Waals surface area contributed by atoms with Gasteiger partial charge in [0.25, 0.3) is 0 Å². The Morgan fingerprint density at radius 3 is 2.90 bits per heavy atom. The lowest BCUT2D eigenvalue weighted by Gasteiger charge is -2.21. The molecule has 1 heterocycles. The molecule has 0 spiro atoms. The van der Waals surface area contributed by atoms with E-state index in [4.69, 9.17) is 0 Å². The SMILES string of the molecule is Cc1cc(Br)ccc1NC1CCNCc2ccccc21. The molecule has 0 bridgehead atoms. The van der Waals surface area contributed by atoms with Crippen LogP contribution in [-0.4, -0.2) is 6.54 Å². The van der Waals surface area contributed by atoms with Crippen LogP contribution in [0.15, 0.2) is 46.9 Å². The summed E-state index contributed by atoms with van der Waals surface area (Å²) in [5, 5.41) is 7.21. The van der Waals surface area contributed by atoms with Crippen molar-refractivity contribution < 1.29 is 0 Å². The van der Waals surface area contributed by atoms with E-state index < -0.39 is 0 Å². The molecule has 2 nitrogen and oxygen atoms in total. The van der Waals surface area contributed by atoms with Gasteiger partial charge in [0.05, 0.1) is 6.04 Å². The first-order valence-corrected chi connectivity index (χ1v) is 7.84. The molecule has 0 saturated carbocycles. The van der Waals surface area contributed by atoms with E-state index in [0.29, 0.717) is 6.04 Å². The van der Waals surface area contributed by atoms with Gasteiger partial charge in [0.2, 0.25) is 0 Å². The third-order valence-electron chi connectivity index (χ3n) is 3.87. The number of hydrogen-bond donors (Lipinski definition) is 2. The molecule has 0 fully saturated rings. The Hall–Kier alpha value is -1.32. The average molecular weight is 331 g/mol. The normalized spacial score (nSPS) is 18.2. The fraction of sp³-hybridized carbons (Fsp3) is 0.294. The molecule has 3 heteroatoms. The van der Waals surface area contributed by atoms with Crippen LogP contribution < -0.4 is 10.6 Å². The van der Waals surface area contributed by atoms with Crippen LogP contribution in [0.1, 0.15) is 29.2 Å². The van der Waals surface area contributed by atoms with E-state index in [2.05, 4.69) is 76.0 Å². The van der Waals surface area contributed by atoms with Crippen LogP contribution in [0.2, 0.25) is 0 Å². The molecule has 0 aliphatic carbocycles. The lowest BCUT2D eigenvalue weighted by atomic mass is 9.98. The third-order valence-corrected chi connectivity index (χ3v) is 4.37. The molecule has 2 aromatic carbocycles. The number of halogens is 1. The molecule has 1 aliphatic heterocycles. The fourth-order valence-corrected chi connectivity index (χ4v) is 3.26. The maximum atomic E-state index is 3.71. The molecule has 2 aromatic rings. The molecule has 0 amide bonds. The first-order chi connectivity index (χ1) is 9.74. The Labute approximate surface area is 128 Å². The van der Waals surface area contributed by atoms with Crippen molar-refractivity contribution in [3.63, 3.8) is 0 Å².